The summed E-state index contributed by atoms with van der Waals surface area (Å²) in [6.07, 6.45) is 0.538. The van der Waals surface area contributed by atoms with Gasteiger partial charge in [-0.2, -0.15) is 0 Å². The van der Waals surface area contributed by atoms with Crippen molar-refractivity contribution in [1.82, 2.24) is 0 Å². The smallest absolute Gasteiger partial charge is 0.323 e. The van der Waals surface area contributed by atoms with E-state index in [2.05, 4.69) is 0 Å². The number of carbonyl (C=O) groups excluding carboxylic acids is 1. The van der Waals surface area contributed by atoms with Gasteiger partial charge in [0, 0.05) is 5.69 Å². The van der Waals surface area contributed by atoms with Gasteiger partial charge in [0.2, 0.25) is 6.41 Å². The average molecular weight is 207 g/mol. The van der Waals surface area contributed by atoms with E-state index in [1.165, 1.54) is 4.90 Å². The van der Waals surface area contributed by atoms with E-state index in [0.29, 0.717) is 12.1 Å². The van der Waals surface area contributed by atoms with E-state index in [9.17, 15) is 9.59 Å². The highest BCUT2D eigenvalue weighted by molar-refractivity contribution is 5.86. The van der Waals surface area contributed by atoms with E-state index < -0.39 is 5.97 Å². The molecule has 1 rings (SSSR count). The second-order valence-corrected chi connectivity index (χ2v) is 3.35. The topological polar surface area (TPSA) is 57.6 Å². The molecule has 0 atom stereocenters. The first-order valence-electron chi connectivity index (χ1n) is 4.56. The van der Waals surface area contributed by atoms with Crippen molar-refractivity contribution in [3.05, 3.63) is 29.3 Å². The predicted molar refractivity (Wildman–Crippen MR) is 57.0 cm³/mol. The van der Waals surface area contributed by atoms with Crippen molar-refractivity contribution in [2.45, 2.75) is 13.8 Å². The van der Waals surface area contributed by atoms with Crippen LogP contribution in [-0.4, -0.2) is 24.0 Å². The van der Waals surface area contributed by atoms with E-state index in [0.717, 1.165) is 11.1 Å². The average Bonchev–Trinajstić information content (AvgIpc) is 2.19. The van der Waals surface area contributed by atoms with Gasteiger partial charge in [0.15, 0.2) is 0 Å². The molecule has 1 N–H and O–H groups in total. The van der Waals surface area contributed by atoms with Gasteiger partial charge in [0.25, 0.3) is 0 Å². The second-order valence-electron chi connectivity index (χ2n) is 3.35. The molecule has 0 unspecified atom stereocenters. The van der Waals surface area contributed by atoms with Crippen LogP contribution in [0.25, 0.3) is 0 Å². The molecule has 1 amide bonds. The summed E-state index contributed by atoms with van der Waals surface area (Å²) in [7, 11) is 0. The fraction of sp³-hybridized carbons (Fsp3) is 0.273. The fourth-order valence-electron chi connectivity index (χ4n) is 1.37. The van der Waals surface area contributed by atoms with Crippen LogP contribution in [0.2, 0.25) is 0 Å². The maximum atomic E-state index is 10.8. The lowest BCUT2D eigenvalue weighted by atomic mass is 10.1. The number of nitrogens with zero attached hydrogens (tertiary/aromatic N) is 1. The number of benzene rings is 1. The van der Waals surface area contributed by atoms with Gasteiger partial charge < -0.3 is 10.0 Å². The Labute approximate surface area is 88.1 Å². The van der Waals surface area contributed by atoms with Crippen molar-refractivity contribution in [3.63, 3.8) is 0 Å². The van der Waals surface area contributed by atoms with Gasteiger partial charge in [-0.05, 0) is 31.0 Å². The number of carbonyl (C=O) groups is 2. The lowest BCUT2D eigenvalue weighted by molar-refractivity contribution is -0.136. The monoisotopic (exact) mass is 207 g/mol. The third-order valence-electron chi connectivity index (χ3n) is 2.32. The van der Waals surface area contributed by atoms with Gasteiger partial charge in [-0.15, -0.1) is 0 Å². The number of carboxylic acid groups (broad SMARTS) is 1. The number of aryl methyl sites for hydroxylation is 1. The molecule has 1 aromatic carbocycles. The molecule has 0 aliphatic carbocycles. The molecule has 0 saturated heterocycles. The summed E-state index contributed by atoms with van der Waals surface area (Å²) >= 11 is 0. The van der Waals surface area contributed by atoms with E-state index >= 15 is 0 Å². The first-order chi connectivity index (χ1) is 7.06. The minimum atomic E-state index is -1.02. The van der Waals surface area contributed by atoms with Crippen molar-refractivity contribution in [1.29, 1.82) is 0 Å². The van der Waals surface area contributed by atoms with Gasteiger partial charge in [0.1, 0.15) is 6.54 Å². The van der Waals surface area contributed by atoms with Crippen molar-refractivity contribution in [2.24, 2.45) is 0 Å². The van der Waals surface area contributed by atoms with Crippen LogP contribution in [0.15, 0.2) is 18.2 Å². The molecular formula is C11H13NO3. The molecule has 4 nitrogen and oxygen atoms in total. The number of hydrogen-bond acceptors (Lipinski definition) is 2. The molecule has 0 spiro atoms. The van der Waals surface area contributed by atoms with Gasteiger partial charge in [0.05, 0.1) is 0 Å². The normalized spacial score (nSPS) is 9.73. The number of hydrogen-bond donors (Lipinski definition) is 1. The Hall–Kier alpha value is -1.84. The lowest BCUT2D eigenvalue weighted by Gasteiger charge is -2.18. The summed E-state index contributed by atoms with van der Waals surface area (Å²) in [5, 5.41) is 8.64. The quantitative estimate of drug-likeness (QED) is 0.758. The third-order valence-corrected chi connectivity index (χ3v) is 2.32. The Kier molecular flexibility index (Phi) is 3.44. The van der Waals surface area contributed by atoms with Crippen molar-refractivity contribution < 1.29 is 14.7 Å². The highest BCUT2D eigenvalue weighted by atomic mass is 16.4. The van der Waals surface area contributed by atoms with Crippen molar-refractivity contribution >= 4 is 18.1 Å². The summed E-state index contributed by atoms with van der Waals surface area (Å²) in [5.41, 5.74) is 2.60. The summed E-state index contributed by atoms with van der Waals surface area (Å²) in [6.45, 7) is 3.47. The first-order valence-corrected chi connectivity index (χ1v) is 4.56. The largest absolute Gasteiger partial charge is 0.480 e. The highest BCUT2D eigenvalue weighted by Crippen LogP contribution is 2.21. The number of carboxylic acids is 1. The molecule has 0 fully saturated rings. The van der Waals surface area contributed by atoms with E-state index in [1.807, 2.05) is 19.9 Å². The summed E-state index contributed by atoms with van der Waals surface area (Å²) in [5.74, 6) is -1.02. The van der Waals surface area contributed by atoms with Gasteiger partial charge in [-0.3, -0.25) is 9.59 Å². The number of aliphatic carboxylic acids is 1. The molecule has 15 heavy (non-hydrogen) atoms. The molecule has 1 aromatic rings. The molecule has 0 aliphatic heterocycles. The van der Waals surface area contributed by atoms with Crippen molar-refractivity contribution in [3.8, 4) is 0 Å². The lowest BCUT2D eigenvalue weighted by Crippen LogP contribution is -2.28. The Morgan fingerprint density at radius 1 is 1.47 bits per heavy atom. The van der Waals surface area contributed by atoms with Crippen molar-refractivity contribution in [2.75, 3.05) is 11.4 Å². The second kappa shape index (κ2) is 4.59. The zero-order valence-corrected chi connectivity index (χ0v) is 8.73. The van der Waals surface area contributed by atoms with Crippen LogP contribution < -0.4 is 4.90 Å². The maximum absolute atomic E-state index is 10.8. The summed E-state index contributed by atoms with van der Waals surface area (Å²) in [4.78, 5) is 22.5. The molecule has 0 aromatic heterocycles. The fourth-order valence-corrected chi connectivity index (χ4v) is 1.37. The molecule has 0 heterocycles. The zero-order chi connectivity index (χ0) is 11.4. The summed E-state index contributed by atoms with van der Waals surface area (Å²) < 4.78 is 0. The van der Waals surface area contributed by atoms with Crippen LogP contribution in [0.4, 0.5) is 5.69 Å². The maximum Gasteiger partial charge on any atom is 0.323 e. The predicted octanol–water partition coefficient (Wildman–Crippen LogP) is 1.35. The molecule has 0 aliphatic rings. The van der Waals surface area contributed by atoms with Crippen LogP contribution >= 0.6 is 0 Å². The Morgan fingerprint density at radius 2 is 2.13 bits per heavy atom. The molecule has 0 radical (unpaired) electrons. The molecule has 80 valence electrons. The van der Waals surface area contributed by atoms with Crippen LogP contribution in [-0.2, 0) is 9.59 Å². The number of rotatable bonds is 4. The molecule has 4 heteroatoms. The van der Waals surface area contributed by atoms with Gasteiger partial charge in [-0.1, -0.05) is 12.1 Å². The van der Waals surface area contributed by atoms with Crippen LogP contribution in [0, 0.1) is 13.8 Å². The first kappa shape index (κ1) is 11.2. The Bertz CT molecular complexity index is 387. The molecule has 0 saturated carbocycles. The SMILES string of the molecule is Cc1cccc(N(C=O)CC(=O)O)c1C. The van der Waals surface area contributed by atoms with E-state index in [4.69, 9.17) is 5.11 Å². The molecular weight excluding hydrogens is 194 g/mol. The van der Waals surface area contributed by atoms with E-state index in [1.54, 1.807) is 12.1 Å². The highest BCUT2D eigenvalue weighted by Gasteiger charge is 2.12. The number of anilines is 1. The summed E-state index contributed by atoms with van der Waals surface area (Å²) in [6, 6.07) is 5.46. The minimum Gasteiger partial charge on any atom is -0.480 e. The third kappa shape index (κ3) is 2.56. The van der Waals surface area contributed by atoms with Crippen LogP contribution in [0.5, 0.6) is 0 Å². The van der Waals surface area contributed by atoms with Gasteiger partial charge >= 0.3 is 5.97 Å². The Morgan fingerprint density at radius 3 is 2.67 bits per heavy atom. The van der Waals surface area contributed by atoms with Crippen LogP contribution in [0.3, 0.4) is 0 Å². The number of amides is 1. The van der Waals surface area contributed by atoms with E-state index in [-0.39, 0.29) is 6.54 Å². The zero-order valence-electron chi connectivity index (χ0n) is 8.73. The molecule has 0 bridgehead atoms. The van der Waals surface area contributed by atoms with Gasteiger partial charge in [-0.25, -0.2) is 0 Å². The standard InChI is InChI=1S/C11H13NO3/c1-8-4-3-5-10(9(8)2)12(7-13)6-11(14)15/h3-5,7H,6H2,1-2H3,(H,14,15). The van der Waals surface area contributed by atoms with Crippen LogP contribution in [0.1, 0.15) is 11.1 Å². The Balaban J connectivity index is 3.06. The minimum absolute atomic E-state index is 0.312.